The first-order valence-corrected chi connectivity index (χ1v) is 22.8. The minimum absolute atomic E-state index is 0.0614. The van der Waals surface area contributed by atoms with E-state index < -0.39 is 96.4 Å². The number of ether oxygens (including phenoxy) is 3. The van der Waals surface area contributed by atoms with E-state index in [-0.39, 0.29) is 36.7 Å². The molecule has 3 N–H and O–H groups in total. The Labute approximate surface area is 372 Å². The highest BCUT2D eigenvalue weighted by Gasteiger charge is 2.37. The monoisotopic (exact) mass is 885 g/mol. The van der Waals surface area contributed by atoms with Crippen molar-refractivity contribution >= 4 is 53.2 Å². The van der Waals surface area contributed by atoms with Gasteiger partial charge in [0.1, 0.15) is 30.3 Å². The van der Waals surface area contributed by atoms with Crippen molar-refractivity contribution in [2.45, 2.75) is 137 Å². The summed E-state index contributed by atoms with van der Waals surface area (Å²) in [6.45, 7) is 17.1. The minimum Gasteiger partial charge on any atom is -0.456 e. The number of cyclic esters (lactones) is 2. The van der Waals surface area contributed by atoms with Crippen LogP contribution in [-0.4, -0.2) is 127 Å². The highest BCUT2D eigenvalue weighted by atomic mass is 32.2. The van der Waals surface area contributed by atoms with Gasteiger partial charge in [0.2, 0.25) is 23.6 Å². The molecule has 346 valence electrons. The van der Waals surface area contributed by atoms with Crippen LogP contribution in [0.1, 0.15) is 94.1 Å². The molecule has 1 aromatic rings. The normalized spacial score (nSPS) is 28.0. The number of amides is 5. The zero-order chi connectivity index (χ0) is 46.8. The van der Waals surface area contributed by atoms with Gasteiger partial charge in [-0.25, -0.2) is 9.59 Å². The molecule has 1 aromatic carbocycles. The van der Waals surface area contributed by atoms with Crippen molar-refractivity contribution in [2.75, 3.05) is 32.8 Å². The van der Waals surface area contributed by atoms with Gasteiger partial charge in [0.15, 0.2) is 6.10 Å². The Balaban J connectivity index is 2.68. The molecule has 0 fully saturated rings. The molecule has 0 spiro atoms. The summed E-state index contributed by atoms with van der Waals surface area (Å²) in [7, 11) is 2.88. The Morgan fingerprint density at radius 2 is 1.55 bits per heavy atom. The van der Waals surface area contributed by atoms with Crippen molar-refractivity contribution in [3.8, 4) is 0 Å². The van der Waals surface area contributed by atoms with E-state index in [0.29, 0.717) is 12.4 Å². The van der Waals surface area contributed by atoms with Gasteiger partial charge < -0.3 is 40.0 Å². The molecule has 0 bridgehead atoms. The number of esters is 2. The molecule has 0 radical (unpaired) electrons. The number of hydrogen-bond donors (Lipinski definition) is 3. The molecule has 16 heteroatoms. The van der Waals surface area contributed by atoms with E-state index >= 15 is 0 Å². The lowest BCUT2D eigenvalue weighted by molar-refractivity contribution is -0.155. The number of benzene rings is 1. The van der Waals surface area contributed by atoms with E-state index in [1.54, 1.807) is 32.1 Å². The highest BCUT2D eigenvalue weighted by molar-refractivity contribution is 7.98. The van der Waals surface area contributed by atoms with Crippen molar-refractivity contribution in [1.82, 2.24) is 25.8 Å². The van der Waals surface area contributed by atoms with Crippen LogP contribution in [0.15, 0.2) is 53.6 Å². The molecule has 1 heterocycles. The highest BCUT2D eigenvalue weighted by Crippen LogP contribution is 2.26. The average Bonchev–Trinajstić information content (AvgIpc) is 3.24. The average molecular weight is 886 g/mol. The van der Waals surface area contributed by atoms with Crippen molar-refractivity contribution in [2.24, 2.45) is 17.8 Å². The Kier molecular flexibility index (Phi) is 22.5. The molecule has 0 saturated heterocycles. The Hall–Kier alpha value is -4.70. The van der Waals surface area contributed by atoms with Gasteiger partial charge in [-0.1, -0.05) is 83.5 Å². The van der Waals surface area contributed by atoms with Crippen LogP contribution in [0.2, 0.25) is 0 Å². The molecule has 5 amide bonds. The maximum Gasteiger partial charge on any atom is 0.334 e. The van der Waals surface area contributed by atoms with Crippen LogP contribution in [0, 0.1) is 17.8 Å². The van der Waals surface area contributed by atoms with Crippen LogP contribution in [0.3, 0.4) is 0 Å². The summed E-state index contributed by atoms with van der Waals surface area (Å²) in [6.07, 6.45) is 3.83. The summed E-state index contributed by atoms with van der Waals surface area (Å²) in [5.74, 6) is -5.02. The molecular weight excluding hydrogens is 815 g/mol. The first kappa shape index (κ1) is 53.4. The van der Waals surface area contributed by atoms with E-state index in [4.69, 9.17) is 14.2 Å². The summed E-state index contributed by atoms with van der Waals surface area (Å²) >= 11 is 1.46. The fourth-order valence-electron chi connectivity index (χ4n) is 6.91. The second kappa shape index (κ2) is 26.0. The summed E-state index contributed by atoms with van der Waals surface area (Å²) < 4.78 is 18.1. The molecule has 9 atom stereocenters. The Morgan fingerprint density at radius 1 is 0.919 bits per heavy atom. The van der Waals surface area contributed by atoms with E-state index in [1.165, 1.54) is 49.5 Å². The maximum atomic E-state index is 14.2. The van der Waals surface area contributed by atoms with Gasteiger partial charge in [-0.2, -0.15) is 0 Å². The second-order valence-corrected chi connectivity index (χ2v) is 17.6. The molecule has 0 aromatic heterocycles. The van der Waals surface area contributed by atoms with Gasteiger partial charge in [-0.3, -0.25) is 24.0 Å². The molecule has 2 rings (SSSR count). The van der Waals surface area contributed by atoms with Gasteiger partial charge in [0.05, 0.1) is 18.6 Å². The van der Waals surface area contributed by atoms with Crippen molar-refractivity contribution in [3.05, 3.63) is 59.2 Å². The van der Waals surface area contributed by atoms with E-state index in [2.05, 4.69) is 16.0 Å². The van der Waals surface area contributed by atoms with Crippen LogP contribution in [-0.2, 0) is 54.2 Å². The van der Waals surface area contributed by atoms with Crippen LogP contribution in [0.4, 0.5) is 0 Å². The van der Waals surface area contributed by atoms with Crippen LogP contribution < -0.4 is 16.0 Å². The summed E-state index contributed by atoms with van der Waals surface area (Å²) in [5.41, 5.74) is 1.71. The third-order valence-corrected chi connectivity index (χ3v) is 11.6. The van der Waals surface area contributed by atoms with Crippen LogP contribution in [0.5, 0.6) is 0 Å². The fraction of sp³-hybridized carbons (Fsp3) is 0.630. The Morgan fingerprint density at radius 3 is 2.13 bits per heavy atom. The Bertz CT molecular complexity index is 1750. The van der Waals surface area contributed by atoms with Gasteiger partial charge in [-0.15, -0.1) is 11.8 Å². The smallest absolute Gasteiger partial charge is 0.334 e. The zero-order valence-electron chi connectivity index (χ0n) is 38.9. The molecule has 15 nitrogen and oxygen atoms in total. The van der Waals surface area contributed by atoms with Crippen molar-refractivity contribution in [3.63, 3.8) is 0 Å². The fourth-order valence-corrected chi connectivity index (χ4v) is 7.22. The van der Waals surface area contributed by atoms with E-state index in [9.17, 15) is 33.6 Å². The molecule has 62 heavy (non-hydrogen) atoms. The van der Waals surface area contributed by atoms with E-state index in [0.717, 1.165) is 11.1 Å². The predicted octanol–water partition coefficient (Wildman–Crippen LogP) is 4.58. The molecule has 1 aliphatic heterocycles. The van der Waals surface area contributed by atoms with Gasteiger partial charge in [-0.05, 0) is 76.7 Å². The molecule has 0 saturated carbocycles. The number of carbonyl (C=O) groups is 7. The molecular formula is C46H71N5O10S. The van der Waals surface area contributed by atoms with Crippen molar-refractivity contribution < 1.29 is 47.8 Å². The largest absolute Gasteiger partial charge is 0.456 e. The van der Waals surface area contributed by atoms with Crippen molar-refractivity contribution in [1.29, 1.82) is 0 Å². The molecule has 1 aliphatic rings. The summed E-state index contributed by atoms with van der Waals surface area (Å²) in [4.78, 5) is 99.0. The SMILES string of the molecule is C/C=C(\C)[C@H]1OC(=O)[C@H](C)NC(=O)[C@H](C(C)CC)NC(=O)CN(C)C(=O)[C@@H](Cc2ccccc2)N(C)C(=O)[C@H](C)NC(=O)[C@@H](CC(C)C)OC(=O)/C(C)=C/C[C@@H](OCSC)[C@H]1C. The summed E-state index contributed by atoms with van der Waals surface area (Å²) in [6, 6.07) is 4.65. The van der Waals surface area contributed by atoms with E-state index in [1.807, 2.05) is 72.1 Å². The number of allylic oxidation sites excluding steroid dienone is 1. The first-order valence-electron chi connectivity index (χ1n) is 21.4. The number of likely N-dealkylation sites (N-methyl/N-ethyl adjacent to an activating group) is 2. The quantitative estimate of drug-likeness (QED) is 0.170. The van der Waals surface area contributed by atoms with Gasteiger partial charge >= 0.3 is 11.9 Å². The number of carbonyl (C=O) groups excluding carboxylic acids is 7. The van der Waals surface area contributed by atoms with Gasteiger partial charge in [0.25, 0.3) is 5.91 Å². The second-order valence-electron chi connectivity index (χ2n) is 16.7. The first-order chi connectivity index (χ1) is 29.2. The molecule has 0 aliphatic carbocycles. The number of rotatable bonds is 10. The number of nitrogens with zero attached hydrogens (tertiary/aromatic N) is 2. The minimum atomic E-state index is -1.23. The maximum absolute atomic E-state index is 14.2. The number of thioether (sulfide) groups is 1. The van der Waals surface area contributed by atoms with Gasteiger partial charge in [0, 0.05) is 32.0 Å². The predicted molar refractivity (Wildman–Crippen MR) is 240 cm³/mol. The van der Waals surface area contributed by atoms with Crippen LogP contribution >= 0.6 is 11.8 Å². The standard InChI is InChI=1S/C46H71N5O10S/c1-14-28(5)39-42(54)48-33(10)46(58)61-40(29(6)15-2)31(8)36(59-26-62-13)22-21-30(7)45(57)60-37(23-27(3)4)41(53)47-32(9)43(55)51(12)35(24-34-19-17-16-18-20-34)44(56)50(11)25-38(52)49-39/h15-21,27-28,31-33,35-37,39-40H,14,22-26H2,1-13H3,(H,47,53)(H,48,54)(H,49,52)/b29-15+,30-21+/t28?,31-,32+,33+,35-,36-,37-,39+,40-/m1/s1. The summed E-state index contributed by atoms with van der Waals surface area (Å²) in [5, 5.41) is 8.17. The van der Waals surface area contributed by atoms with Crippen LogP contribution in [0.25, 0.3) is 0 Å². The third-order valence-electron chi connectivity index (χ3n) is 11.2. The number of nitrogens with one attached hydrogen (secondary N) is 3. The molecule has 1 unspecified atom stereocenters. The zero-order valence-corrected chi connectivity index (χ0v) is 39.8. The third kappa shape index (κ3) is 16.2. The lowest BCUT2D eigenvalue weighted by Gasteiger charge is -2.33. The lowest BCUT2D eigenvalue weighted by atomic mass is 9.90. The topological polar surface area (TPSA) is 190 Å². The number of hydrogen-bond acceptors (Lipinski definition) is 11. The lowest BCUT2D eigenvalue weighted by Crippen LogP contribution is -2.57.